The molecule has 0 unspecified atom stereocenters. The van der Waals surface area contributed by atoms with E-state index >= 15 is 0 Å². The molecule has 1 aliphatic rings. The van der Waals surface area contributed by atoms with E-state index in [0.717, 1.165) is 5.56 Å². The number of ether oxygens (including phenoxy) is 3. The zero-order chi connectivity index (χ0) is 19.9. The highest BCUT2D eigenvalue weighted by Crippen LogP contribution is 2.31. The van der Waals surface area contributed by atoms with Crippen LogP contribution in [0.1, 0.15) is 5.56 Å². The summed E-state index contributed by atoms with van der Waals surface area (Å²) in [6.07, 6.45) is 0.904. The van der Waals surface area contributed by atoms with Gasteiger partial charge in [-0.3, -0.25) is 19.5 Å². The summed E-state index contributed by atoms with van der Waals surface area (Å²) in [5.41, 5.74) is 1.68. The summed E-state index contributed by atoms with van der Waals surface area (Å²) in [7, 11) is 2.89. The summed E-state index contributed by atoms with van der Waals surface area (Å²) < 4.78 is 15.6. The Labute approximate surface area is 163 Å². The minimum atomic E-state index is -0.663. The second-order valence-corrected chi connectivity index (χ2v) is 6.18. The van der Waals surface area contributed by atoms with Gasteiger partial charge in [0.05, 0.1) is 20.8 Å². The number of methoxy groups -OCH3 is 2. The summed E-state index contributed by atoms with van der Waals surface area (Å²) in [5.74, 6) is 0.0970. The van der Waals surface area contributed by atoms with E-state index in [2.05, 4.69) is 9.73 Å². The first-order valence-electron chi connectivity index (χ1n) is 8.83. The van der Waals surface area contributed by atoms with Crippen molar-refractivity contribution < 1.29 is 23.8 Å². The van der Waals surface area contributed by atoms with E-state index in [0.29, 0.717) is 18.0 Å². The van der Waals surface area contributed by atoms with Gasteiger partial charge in [-0.05, 0) is 29.8 Å². The van der Waals surface area contributed by atoms with Gasteiger partial charge >= 0.3 is 5.97 Å². The van der Waals surface area contributed by atoms with Gasteiger partial charge in [0.2, 0.25) is 0 Å². The average molecular weight is 382 g/mol. The molecule has 0 bridgehead atoms. The summed E-state index contributed by atoms with van der Waals surface area (Å²) in [6, 6.07) is 16.4. The van der Waals surface area contributed by atoms with Crippen LogP contribution in [-0.2, 0) is 25.7 Å². The highest BCUT2D eigenvalue weighted by Gasteiger charge is 2.48. The predicted octanol–water partition coefficient (Wildman–Crippen LogP) is 2.24. The molecule has 0 spiro atoms. The van der Waals surface area contributed by atoms with Gasteiger partial charge in [0, 0.05) is 11.9 Å². The van der Waals surface area contributed by atoms with Crippen molar-refractivity contribution in [2.45, 2.75) is 18.8 Å². The number of carbonyl (C=O) groups is 2. The van der Waals surface area contributed by atoms with Gasteiger partial charge in [0.1, 0.15) is 18.3 Å². The maximum atomic E-state index is 12.7. The zero-order valence-electron chi connectivity index (χ0n) is 15.8. The number of rotatable bonds is 8. The maximum Gasteiger partial charge on any atom is 0.327 e. The van der Waals surface area contributed by atoms with Gasteiger partial charge in [-0.25, -0.2) is 0 Å². The number of esters is 1. The first-order valence-corrected chi connectivity index (χ1v) is 8.83. The first-order chi connectivity index (χ1) is 13.6. The topological polar surface area (TPSA) is 77.4 Å². The lowest BCUT2D eigenvalue weighted by Gasteiger charge is -2.44. The van der Waals surface area contributed by atoms with Gasteiger partial charge < -0.3 is 14.2 Å². The molecule has 0 saturated carbocycles. The van der Waals surface area contributed by atoms with Crippen molar-refractivity contribution in [1.29, 1.82) is 0 Å². The molecule has 28 heavy (non-hydrogen) atoms. The molecule has 3 rings (SSSR count). The SMILES string of the molecule is COC(=O)CN=C[C@H]1[C@@H](OCc2ccccc2)C(=O)N1c1ccc(OC)cc1. The van der Waals surface area contributed by atoms with Gasteiger partial charge in [0.25, 0.3) is 5.91 Å². The third kappa shape index (κ3) is 4.37. The van der Waals surface area contributed by atoms with Crippen molar-refractivity contribution in [2.75, 3.05) is 25.7 Å². The molecule has 0 N–H and O–H groups in total. The number of aliphatic imine (C=N–C) groups is 1. The summed E-state index contributed by atoms with van der Waals surface area (Å²) >= 11 is 0. The normalized spacial score (nSPS) is 18.8. The van der Waals surface area contributed by atoms with Crippen LogP contribution >= 0.6 is 0 Å². The van der Waals surface area contributed by atoms with Crippen LogP contribution in [0.25, 0.3) is 0 Å². The van der Waals surface area contributed by atoms with Crippen molar-refractivity contribution >= 4 is 23.8 Å². The molecule has 7 nitrogen and oxygen atoms in total. The molecule has 0 aromatic heterocycles. The van der Waals surface area contributed by atoms with E-state index < -0.39 is 18.1 Å². The number of β-lactam (4-membered cyclic amide) rings is 1. The van der Waals surface area contributed by atoms with E-state index in [1.807, 2.05) is 30.3 Å². The van der Waals surface area contributed by atoms with Crippen molar-refractivity contribution in [1.82, 2.24) is 0 Å². The van der Waals surface area contributed by atoms with E-state index in [4.69, 9.17) is 9.47 Å². The fourth-order valence-corrected chi connectivity index (χ4v) is 2.90. The molecule has 1 amide bonds. The van der Waals surface area contributed by atoms with E-state index in [1.165, 1.54) is 7.11 Å². The molecule has 146 valence electrons. The molecule has 2 atom stereocenters. The maximum absolute atomic E-state index is 12.7. The Bertz CT molecular complexity index is 836. The van der Waals surface area contributed by atoms with Crippen LogP contribution in [0.3, 0.4) is 0 Å². The highest BCUT2D eigenvalue weighted by atomic mass is 16.5. The number of hydrogen-bond donors (Lipinski definition) is 0. The number of carbonyl (C=O) groups excluding carboxylic acids is 2. The molecule has 1 heterocycles. The van der Waals surface area contributed by atoms with Gasteiger partial charge in [-0.1, -0.05) is 30.3 Å². The number of nitrogens with zero attached hydrogens (tertiary/aromatic N) is 2. The Balaban J connectivity index is 1.74. The smallest absolute Gasteiger partial charge is 0.327 e. The van der Waals surface area contributed by atoms with Crippen LogP contribution in [-0.4, -0.2) is 51.0 Å². The molecule has 2 aromatic carbocycles. The lowest BCUT2D eigenvalue weighted by molar-refractivity contribution is -0.140. The van der Waals surface area contributed by atoms with Gasteiger partial charge in [0.15, 0.2) is 6.10 Å². The summed E-state index contributed by atoms with van der Waals surface area (Å²) in [5, 5.41) is 0. The third-order valence-corrected chi connectivity index (χ3v) is 4.42. The van der Waals surface area contributed by atoms with Crippen LogP contribution in [0, 0.1) is 0 Å². The molecular formula is C21H22N2O5. The van der Waals surface area contributed by atoms with Crippen molar-refractivity contribution in [3.63, 3.8) is 0 Å². The lowest BCUT2D eigenvalue weighted by atomic mass is 9.97. The second kappa shape index (κ2) is 9.14. The largest absolute Gasteiger partial charge is 0.497 e. The van der Waals surface area contributed by atoms with Crippen LogP contribution < -0.4 is 9.64 Å². The Morgan fingerprint density at radius 2 is 1.82 bits per heavy atom. The Morgan fingerprint density at radius 1 is 1.11 bits per heavy atom. The minimum Gasteiger partial charge on any atom is -0.497 e. The second-order valence-electron chi connectivity index (χ2n) is 6.18. The summed E-state index contributed by atoms with van der Waals surface area (Å²) in [4.78, 5) is 29.7. The fraction of sp³-hybridized carbons (Fsp3) is 0.286. The summed E-state index contributed by atoms with van der Waals surface area (Å²) in [6.45, 7) is 0.206. The molecule has 7 heteroatoms. The highest BCUT2D eigenvalue weighted by molar-refractivity contribution is 6.10. The molecule has 1 fully saturated rings. The number of amides is 1. The van der Waals surface area contributed by atoms with Crippen LogP contribution in [0.15, 0.2) is 59.6 Å². The standard InChI is InChI=1S/C21H22N2O5/c1-26-17-10-8-16(9-11-17)23-18(12-22-13-19(24)27-2)20(21(23)25)28-14-15-6-4-3-5-7-15/h3-12,18,20H,13-14H2,1-2H3/t18-,20+/m0/s1. The fourth-order valence-electron chi connectivity index (χ4n) is 2.90. The predicted molar refractivity (Wildman–Crippen MR) is 105 cm³/mol. The lowest BCUT2D eigenvalue weighted by Crippen LogP contribution is -2.67. The molecule has 1 aliphatic heterocycles. The van der Waals surface area contributed by atoms with Gasteiger partial charge in [-0.2, -0.15) is 0 Å². The molecule has 1 saturated heterocycles. The average Bonchev–Trinajstić information content (AvgIpc) is 2.74. The third-order valence-electron chi connectivity index (χ3n) is 4.42. The van der Waals surface area contributed by atoms with E-state index in [9.17, 15) is 9.59 Å². The van der Waals surface area contributed by atoms with Crippen LogP contribution in [0.4, 0.5) is 5.69 Å². The number of benzene rings is 2. The number of anilines is 1. The Kier molecular flexibility index (Phi) is 6.39. The molecular weight excluding hydrogens is 360 g/mol. The van der Waals surface area contributed by atoms with Crippen molar-refractivity contribution in [3.05, 3.63) is 60.2 Å². The number of hydrogen-bond acceptors (Lipinski definition) is 6. The molecule has 0 aliphatic carbocycles. The van der Waals surface area contributed by atoms with E-state index in [1.54, 1.807) is 42.5 Å². The Hall–Kier alpha value is -3.19. The van der Waals surface area contributed by atoms with Gasteiger partial charge in [-0.15, -0.1) is 0 Å². The Morgan fingerprint density at radius 3 is 2.46 bits per heavy atom. The monoisotopic (exact) mass is 382 g/mol. The van der Waals surface area contributed by atoms with Crippen LogP contribution in [0.2, 0.25) is 0 Å². The minimum absolute atomic E-state index is 0.108. The van der Waals surface area contributed by atoms with Crippen molar-refractivity contribution in [2.24, 2.45) is 4.99 Å². The first kappa shape index (κ1) is 19.6. The van der Waals surface area contributed by atoms with E-state index in [-0.39, 0.29) is 12.5 Å². The van der Waals surface area contributed by atoms with Crippen LogP contribution in [0.5, 0.6) is 5.75 Å². The van der Waals surface area contributed by atoms with Crippen molar-refractivity contribution in [3.8, 4) is 5.75 Å². The quantitative estimate of drug-likeness (QED) is 0.398. The molecule has 0 radical (unpaired) electrons. The zero-order valence-corrected chi connectivity index (χ0v) is 15.8. The molecule has 2 aromatic rings.